The van der Waals surface area contributed by atoms with Crippen LogP contribution >= 0.6 is 0 Å². The molecule has 1 N–H and O–H groups in total. The summed E-state index contributed by atoms with van der Waals surface area (Å²) < 4.78 is 5.49. The third-order valence-electron chi connectivity index (χ3n) is 3.98. The number of anilines is 1. The van der Waals surface area contributed by atoms with E-state index in [1.165, 1.54) is 10.6 Å². The summed E-state index contributed by atoms with van der Waals surface area (Å²) in [6.45, 7) is 4.09. The number of hydrogen-bond acceptors (Lipinski definition) is 4. The maximum atomic E-state index is 12.1. The molecule has 0 fully saturated rings. The van der Waals surface area contributed by atoms with Gasteiger partial charge in [-0.05, 0) is 35.7 Å². The van der Waals surface area contributed by atoms with Crippen LogP contribution in [0.3, 0.4) is 0 Å². The summed E-state index contributed by atoms with van der Waals surface area (Å²) in [5.74, 6) is 0.858. The third-order valence-corrected chi connectivity index (χ3v) is 3.98. The van der Waals surface area contributed by atoms with Crippen LogP contribution in [-0.2, 0) is 9.59 Å². The Kier molecular flexibility index (Phi) is 5.31. The van der Waals surface area contributed by atoms with Crippen LogP contribution < -0.4 is 15.1 Å². The largest absolute Gasteiger partial charge is 0.484 e. The number of hydrazone groups is 1. The van der Waals surface area contributed by atoms with Gasteiger partial charge < -0.3 is 10.1 Å². The van der Waals surface area contributed by atoms with Crippen molar-refractivity contribution in [2.24, 2.45) is 5.10 Å². The summed E-state index contributed by atoms with van der Waals surface area (Å²) in [5, 5.41) is 8.10. The molecular formula is C20H21N3O3. The van der Waals surface area contributed by atoms with E-state index < -0.39 is 0 Å². The fraction of sp³-hybridized carbons (Fsp3) is 0.250. The van der Waals surface area contributed by atoms with Gasteiger partial charge in [0.1, 0.15) is 11.6 Å². The molecule has 0 spiro atoms. The monoisotopic (exact) mass is 351 g/mol. The molecular weight excluding hydrogens is 330 g/mol. The Labute approximate surface area is 152 Å². The first kappa shape index (κ1) is 17.7. The Morgan fingerprint density at radius 3 is 2.50 bits per heavy atom. The van der Waals surface area contributed by atoms with E-state index in [9.17, 15) is 9.59 Å². The van der Waals surface area contributed by atoms with Crippen LogP contribution in [0.4, 0.5) is 5.69 Å². The first-order chi connectivity index (χ1) is 12.5. The van der Waals surface area contributed by atoms with Gasteiger partial charge >= 0.3 is 0 Å². The van der Waals surface area contributed by atoms with Crippen molar-refractivity contribution in [3.05, 3.63) is 60.2 Å². The fourth-order valence-electron chi connectivity index (χ4n) is 2.56. The van der Waals surface area contributed by atoms with E-state index in [0.717, 1.165) is 0 Å². The third kappa shape index (κ3) is 4.27. The minimum atomic E-state index is -0.348. The van der Waals surface area contributed by atoms with Crippen LogP contribution in [0, 0.1) is 0 Å². The SMILES string of the molecule is CC(C)c1ccc(OCC(=O)NC2=NN(c3ccccc3)C(=O)C2)cc1. The van der Waals surface area contributed by atoms with E-state index in [-0.39, 0.29) is 24.8 Å². The highest BCUT2D eigenvalue weighted by Gasteiger charge is 2.26. The topological polar surface area (TPSA) is 71.0 Å². The van der Waals surface area contributed by atoms with E-state index in [2.05, 4.69) is 24.3 Å². The van der Waals surface area contributed by atoms with E-state index >= 15 is 0 Å². The molecule has 0 bridgehead atoms. The first-order valence-corrected chi connectivity index (χ1v) is 8.51. The van der Waals surface area contributed by atoms with Gasteiger partial charge in [0.2, 0.25) is 0 Å². The number of hydrogen-bond donors (Lipinski definition) is 1. The van der Waals surface area contributed by atoms with Gasteiger partial charge in [0, 0.05) is 0 Å². The molecule has 2 amide bonds. The molecule has 0 radical (unpaired) electrons. The highest BCUT2D eigenvalue weighted by atomic mass is 16.5. The van der Waals surface area contributed by atoms with Crippen LogP contribution in [0.15, 0.2) is 59.7 Å². The number of carbonyl (C=O) groups excluding carboxylic acids is 2. The number of carbonyl (C=O) groups is 2. The zero-order chi connectivity index (χ0) is 18.5. The summed E-state index contributed by atoms with van der Waals surface area (Å²) in [5.41, 5.74) is 1.88. The van der Waals surface area contributed by atoms with Gasteiger partial charge in [0.15, 0.2) is 6.61 Å². The first-order valence-electron chi connectivity index (χ1n) is 8.51. The number of nitrogens with zero attached hydrogens (tertiary/aromatic N) is 2. The van der Waals surface area contributed by atoms with Crippen molar-refractivity contribution in [1.82, 2.24) is 5.32 Å². The van der Waals surface area contributed by atoms with E-state index in [0.29, 0.717) is 23.2 Å². The van der Waals surface area contributed by atoms with Gasteiger partial charge in [-0.25, -0.2) is 0 Å². The summed E-state index contributed by atoms with van der Waals surface area (Å²) in [6.07, 6.45) is 0.0592. The Morgan fingerprint density at radius 2 is 1.85 bits per heavy atom. The average molecular weight is 351 g/mol. The van der Waals surface area contributed by atoms with Crippen molar-refractivity contribution in [3.8, 4) is 5.75 Å². The lowest BCUT2D eigenvalue weighted by molar-refractivity contribution is -0.121. The van der Waals surface area contributed by atoms with E-state index in [4.69, 9.17) is 4.74 Å². The summed E-state index contributed by atoms with van der Waals surface area (Å²) in [7, 11) is 0. The summed E-state index contributed by atoms with van der Waals surface area (Å²) in [6, 6.07) is 16.7. The van der Waals surface area contributed by atoms with Crippen molar-refractivity contribution < 1.29 is 14.3 Å². The van der Waals surface area contributed by atoms with Crippen LogP contribution in [0.5, 0.6) is 5.75 Å². The lowest BCUT2D eigenvalue weighted by atomic mass is 10.0. The van der Waals surface area contributed by atoms with Crippen LogP contribution in [0.25, 0.3) is 0 Å². The summed E-state index contributed by atoms with van der Waals surface area (Å²) in [4.78, 5) is 24.1. The molecule has 0 saturated heterocycles. The quantitative estimate of drug-likeness (QED) is 0.900. The number of amidine groups is 1. The molecule has 1 heterocycles. The number of rotatable bonds is 5. The predicted molar refractivity (Wildman–Crippen MR) is 100 cm³/mol. The fourth-order valence-corrected chi connectivity index (χ4v) is 2.56. The summed E-state index contributed by atoms with van der Waals surface area (Å²) >= 11 is 0. The van der Waals surface area contributed by atoms with Crippen LogP contribution in [-0.4, -0.2) is 24.3 Å². The maximum Gasteiger partial charge on any atom is 0.263 e. The smallest absolute Gasteiger partial charge is 0.263 e. The number of amides is 2. The molecule has 6 nitrogen and oxygen atoms in total. The maximum absolute atomic E-state index is 12.1. The normalized spacial score (nSPS) is 13.7. The number of nitrogens with one attached hydrogen (secondary N) is 1. The van der Waals surface area contributed by atoms with E-state index in [1.54, 1.807) is 12.1 Å². The van der Waals surface area contributed by atoms with Gasteiger partial charge in [-0.2, -0.15) is 10.1 Å². The van der Waals surface area contributed by atoms with Gasteiger partial charge in [-0.1, -0.05) is 44.2 Å². The minimum Gasteiger partial charge on any atom is -0.484 e. The predicted octanol–water partition coefficient (Wildman–Crippen LogP) is 3.06. The Morgan fingerprint density at radius 1 is 1.15 bits per heavy atom. The Hall–Kier alpha value is -3.15. The lowest BCUT2D eigenvalue weighted by Crippen LogP contribution is -2.33. The second kappa shape index (κ2) is 7.82. The number of para-hydroxylation sites is 1. The molecule has 0 aliphatic carbocycles. The van der Waals surface area contributed by atoms with Crippen molar-refractivity contribution in [1.29, 1.82) is 0 Å². The zero-order valence-electron chi connectivity index (χ0n) is 14.8. The zero-order valence-corrected chi connectivity index (χ0v) is 14.8. The second-order valence-corrected chi connectivity index (χ2v) is 6.33. The standard InChI is InChI=1S/C20H21N3O3/c1-14(2)15-8-10-17(11-9-15)26-13-19(24)21-18-12-20(25)23(22-18)16-6-4-3-5-7-16/h3-11,14H,12-13H2,1-2H3,(H,21,22,24). The highest BCUT2D eigenvalue weighted by Crippen LogP contribution is 2.20. The number of benzene rings is 2. The van der Waals surface area contributed by atoms with E-state index in [1.807, 2.05) is 42.5 Å². The molecule has 0 atom stereocenters. The molecule has 134 valence electrons. The van der Waals surface area contributed by atoms with Crippen molar-refractivity contribution in [2.45, 2.75) is 26.2 Å². The number of ether oxygens (including phenoxy) is 1. The molecule has 0 unspecified atom stereocenters. The average Bonchev–Trinajstić information content (AvgIpc) is 3.01. The Balaban J connectivity index is 1.54. The second-order valence-electron chi connectivity index (χ2n) is 6.33. The van der Waals surface area contributed by atoms with Crippen LogP contribution in [0.1, 0.15) is 31.7 Å². The highest BCUT2D eigenvalue weighted by molar-refractivity contribution is 6.15. The molecule has 26 heavy (non-hydrogen) atoms. The molecule has 2 aromatic rings. The molecule has 0 saturated carbocycles. The van der Waals surface area contributed by atoms with Crippen LogP contribution in [0.2, 0.25) is 0 Å². The van der Waals surface area contributed by atoms with Gasteiger partial charge in [-0.3, -0.25) is 9.59 Å². The van der Waals surface area contributed by atoms with Crippen molar-refractivity contribution in [3.63, 3.8) is 0 Å². The van der Waals surface area contributed by atoms with Gasteiger partial charge in [0.05, 0.1) is 12.1 Å². The molecule has 1 aliphatic heterocycles. The van der Waals surface area contributed by atoms with Gasteiger partial charge in [-0.15, -0.1) is 0 Å². The molecule has 1 aliphatic rings. The molecule has 3 rings (SSSR count). The molecule has 2 aromatic carbocycles. The lowest BCUT2D eigenvalue weighted by Gasteiger charge is -2.10. The van der Waals surface area contributed by atoms with Crippen molar-refractivity contribution >= 4 is 23.3 Å². The van der Waals surface area contributed by atoms with Gasteiger partial charge in [0.25, 0.3) is 11.8 Å². The Bertz CT molecular complexity index is 814. The minimum absolute atomic E-state index is 0.0592. The van der Waals surface area contributed by atoms with Crippen molar-refractivity contribution in [2.75, 3.05) is 11.6 Å². The molecule has 6 heteroatoms. The molecule has 0 aromatic heterocycles.